The minimum atomic E-state index is -0.242. The molecule has 0 unspecified atom stereocenters. The number of carbonyl (C=O) groups is 1. The standard InChI is InChI=1S/C17H17Cl2NO3/c1-22-10-13-5-3-2-4-12(13)9-20-17(21)11-23-16-8-14(18)6-7-15(16)19/h2-8H,9-11H2,1H3,(H,20,21). The van der Waals surface area contributed by atoms with Crippen LogP contribution in [0.3, 0.4) is 0 Å². The number of halogens is 2. The highest BCUT2D eigenvalue weighted by molar-refractivity contribution is 6.34. The molecule has 4 nitrogen and oxygen atoms in total. The Bertz CT molecular complexity index is 677. The first kappa shape index (κ1) is 17.6. The molecule has 0 atom stereocenters. The van der Waals surface area contributed by atoms with Gasteiger partial charge in [0.25, 0.3) is 5.91 Å². The van der Waals surface area contributed by atoms with Crippen LogP contribution in [-0.2, 0) is 22.7 Å². The van der Waals surface area contributed by atoms with Crippen molar-refractivity contribution in [3.8, 4) is 5.75 Å². The van der Waals surface area contributed by atoms with Crippen LogP contribution in [-0.4, -0.2) is 19.6 Å². The first-order valence-corrected chi connectivity index (χ1v) is 7.76. The monoisotopic (exact) mass is 353 g/mol. The Morgan fingerprint density at radius 2 is 1.87 bits per heavy atom. The molecule has 0 fully saturated rings. The fourth-order valence-electron chi connectivity index (χ4n) is 2.00. The van der Waals surface area contributed by atoms with Crippen molar-refractivity contribution in [1.82, 2.24) is 5.32 Å². The molecule has 0 aromatic heterocycles. The van der Waals surface area contributed by atoms with Crippen molar-refractivity contribution in [1.29, 1.82) is 0 Å². The van der Waals surface area contributed by atoms with Crippen molar-refractivity contribution >= 4 is 29.1 Å². The highest BCUT2D eigenvalue weighted by Crippen LogP contribution is 2.27. The maximum absolute atomic E-state index is 11.9. The van der Waals surface area contributed by atoms with E-state index >= 15 is 0 Å². The minimum Gasteiger partial charge on any atom is -0.482 e. The Hall–Kier alpha value is -1.75. The van der Waals surface area contributed by atoms with Crippen molar-refractivity contribution < 1.29 is 14.3 Å². The van der Waals surface area contributed by atoms with E-state index in [0.29, 0.717) is 28.9 Å². The fourth-order valence-corrected chi connectivity index (χ4v) is 2.34. The zero-order valence-corrected chi connectivity index (χ0v) is 14.2. The molecule has 2 aromatic rings. The molecule has 0 bridgehead atoms. The molecule has 122 valence electrons. The molecule has 0 saturated heterocycles. The summed E-state index contributed by atoms with van der Waals surface area (Å²) in [6.07, 6.45) is 0. The van der Waals surface area contributed by atoms with E-state index in [4.69, 9.17) is 32.7 Å². The van der Waals surface area contributed by atoms with Gasteiger partial charge in [-0.1, -0.05) is 47.5 Å². The summed E-state index contributed by atoms with van der Waals surface area (Å²) in [4.78, 5) is 11.9. The van der Waals surface area contributed by atoms with Gasteiger partial charge in [-0.15, -0.1) is 0 Å². The maximum Gasteiger partial charge on any atom is 0.258 e. The van der Waals surface area contributed by atoms with Crippen LogP contribution in [0.15, 0.2) is 42.5 Å². The van der Waals surface area contributed by atoms with Gasteiger partial charge in [0, 0.05) is 24.7 Å². The summed E-state index contributed by atoms with van der Waals surface area (Å²) in [5, 5.41) is 3.71. The molecule has 6 heteroatoms. The van der Waals surface area contributed by atoms with Gasteiger partial charge in [0.05, 0.1) is 11.6 Å². The Morgan fingerprint density at radius 1 is 1.13 bits per heavy atom. The number of methoxy groups -OCH3 is 1. The Kier molecular flexibility index (Phi) is 6.71. The van der Waals surface area contributed by atoms with Crippen LogP contribution in [0.25, 0.3) is 0 Å². The van der Waals surface area contributed by atoms with Crippen LogP contribution >= 0.6 is 23.2 Å². The number of benzene rings is 2. The van der Waals surface area contributed by atoms with Crippen molar-refractivity contribution in [3.63, 3.8) is 0 Å². The second-order valence-corrected chi connectivity index (χ2v) is 5.69. The molecule has 0 aliphatic carbocycles. The van der Waals surface area contributed by atoms with Crippen molar-refractivity contribution in [2.75, 3.05) is 13.7 Å². The number of amides is 1. The van der Waals surface area contributed by atoms with E-state index in [1.54, 1.807) is 25.3 Å². The molecule has 0 aliphatic rings. The van der Waals surface area contributed by atoms with E-state index in [9.17, 15) is 4.79 Å². The Morgan fingerprint density at radius 3 is 2.61 bits per heavy atom. The van der Waals surface area contributed by atoms with E-state index < -0.39 is 0 Å². The Labute approximate surface area is 145 Å². The first-order chi connectivity index (χ1) is 11.1. The van der Waals surface area contributed by atoms with Gasteiger partial charge in [-0.2, -0.15) is 0 Å². The molecule has 23 heavy (non-hydrogen) atoms. The minimum absolute atomic E-state index is 0.132. The van der Waals surface area contributed by atoms with E-state index in [0.717, 1.165) is 11.1 Å². The summed E-state index contributed by atoms with van der Waals surface area (Å²) in [6.45, 7) is 0.776. The van der Waals surface area contributed by atoms with E-state index in [2.05, 4.69) is 5.32 Å². The van der Waals surface area contributed by atoms with Gasteiger partial charge in [-0.05, 0) is 23.3 Å². The SMILES string of the molecule is COCc1ccccc1CNC(=O)COc1cc(Cl)ccc1Cl. The molecule has 1 amide bonds. The molecule has 0 saturated carbocycles. The van der Waals surface area contributed by atoms with E-state index in [-0.39, 0.29) is 12.5 Å². The average molecular weight is 354 g/mol. The zero-order valence-electron chi connectivity index (χ0n) is 12.6. The predicted octanol–water partition coefficient (Wildman–Crippen LogP) is 3.84. The van der Waals surface area contributed by atoms with E-state index in [1.807, 2.05) is 24.3 Å². The number of hydrogen-bond donors (Lipinski definition) is 1. The number of hydrogen-bond acceptors (Lipinski definition) is 3. The fraction of sp³-hybridized carbons (Fsp3) is 0.235. The van der Waals surface area contributed by atoms with E-state index in [1.165, 1.54) is 0 Å². The molecular weight excluding hydrogens is 337 g/mol. The quantitative estimate of drug-likeness (QED) is 0.822. The van der Waals surface area contributed by atoms with Gasteiger partial charge in [0.2, 0.25) is 0 Å². The van der Waals surface area contributed by atoms with Crippen molar-refractivity contribution in [3.05, 3.63) is 63.6 Å². The third-order valence-electron chi connectivity index (χ3n) is 3.15. The second-order valence-electron chi connectivity index (χ2n) is 4.84. The molecule has 0 radical (unpaired) electrons. The maximum atomic E-state index is 11.9. The number of nitrogens with one attached hydrogen (secondary N) is 1. The molecule has 2 aromatic carbocycles. The molecule has 0 aliphatic heterocycles. The number of ether oxygens (including phenoxy) is 2. The number of carbonyl (C=O) groups excluding carboxylic acids is 1. The summed E-state index contributed by atoms with van der Waals surface area (Å²) in [5.74, 6) is 0.141. The van der Waals surface area contributed by atoms with Gasteiger partial charge < -0.3 is 14.8 Å². The van der Waals surface area contributed by atoms with Gasteiger partial charge in [-0.25, -0.2) is 0 Å². The largest absolute Gasteiger partial charge is 0.482 e. The summed E-state index contributed by atoms with van der Waals surface area (Å²) in [6, 6.07) is 12.6. The summed E-state index contributed by atoms with van der Waals surface area (Å²) in [7, 11) is 1.64. The lowest BCUT2D eigenvalue weighted by Crippen LogP contribution is -2.28. The highest BCUT2D eigenvalue weighted by Gasteiger charge is 2.08. The van der Waals surface area contributed by atoms with Crippen LogP contribution in [0.4, 0.5) is 0 Å². The predicted molar refractivity (Wildman–Crippen MR) is 91.0 cm³/mol. The molecule has 0 heterocycles. The van der Waals surface area contributed by atoms with Gasteiger partial charge in [0.1, 0.15) is 5.75 Å². The van der Waals surface area contributed by atoms with Crippen LogP contribution in [0.1, 0.15) is 11.1 Å². The zero-order chi connectivity index (χ0) is 16.7. The van der Waals surface area contributed by atoms with Gasteiger partial charge in [0.15, 0.2) is 6.61 Å². The Balaban J connectivity index is 1.87. The second kappa shape index (κ2) is 8.77. The van der Waals surface area contributed by atoms with Crippen molar-refractivity contribution in [2.45, 2.75) is 13.2 Å². The van der Waals surface area contributed by atoms with Crippen LogP contribution in [0.5, 0.6) is 5.75 Å². The molecule has 1 N–H and O–H groups in total. The van der Waals surface area contributed by atoms with Crippen LogP contribution in [0, 0.1) is 0 Å². The van der Waals surface area contributed by atoms with Crippen LogP contribution in [0.2, 0.25) is 10.0 Å². The normalized spacial score (nSPS) is 10.4. The topological polar surface area (TPSA) is 47.6 Å². The lowest BCUT2D eigenvalue weighted by molar-refractivity contribution is -0.123. The van der Waals surface area contributed by atoms with Crippen LogP contribution < -0.4 is 10.1 Å². The summed E-state index contributed by atoms with van der Waals surface area (Å²) in [5.41, 5.74) is 2.04. The van der Waals surface area contributed by atoms with Crippen molar-refractivity contribution in [2.24, 2.45) is 0 Å². The third-order valence-corrected chi connectivity index (χ3v) is 3.69. The molecule has 2 rings (SSSR count). The van der Waals surface area contributed by atoms with Gasteiger partial charge >= 0.3 is 0 Å². The molecular formula is C17H17Cl2NO3. The number of rotatable bonds is 7. The summed E-state index contributed by atoms with van der Waals surface area (Å²) < 4.78 is 10.5. The average Bonchev–Trinajstić information content (AvgIpc) is 2.55. The summed E-state index contributed by atoms with van der Waals surface area (Å²) >= 11 is 11.8. The lowest BCUT2D eigenvalue weighted by atomic mass is 10.1. The van der Waals surface area contributed by atoms with Gasteiger partial charge in [-0.3, -0.25) is 4.79 Å². The smallest absolute Gasteiger partial charge is 0.258 e. The highest BCUT2D eigenvalue weighted by atomic mass is 35.5. The first-order valence-electron chi connectivity index (χ1n) is 7.00. The molecule has 0 spiro atoms. The lowest BCUT2D eigenvalue weighted by Gasteiger charge is -2.11. The third kappa shape index (κ3) is 5.43.